The van der Waals surface area contributed by atoms with Crippen LogP contribution in [0.25, 0.3) is 0 Å². The van der Waals surface area contributed by atoms with Crippen molar-refractivity contribution >= 4 is 11.9 Å². The Morgan fingerprint density at radius 2 is 2.32 bits per heavy atom. The number of carboxylic acid groups (broad SMARTS) is 1. The molecule has 2 N–H and O–H groups in total. The van der Waals surface area contributed by atoms with Gasteiger partial charge in [0.15, 0.2) is 6.10 Å². The molecule has 1 heterocycles. The van der Waals surface area contributed by atoms with Crippen LogP contribution in [0.5, 0.6) is 11.5 Å². The topological polar surface area (TPSA) is 84.9 Å². The Balaban J connectivity index is 1.90. The van der Waals surface area contributed by atoms with Crippen LogP contribution in [0.15, 0.2) is 18.2 Å². The molecule has 1 aliphatic heterocycles. The van der Waals surface area contributed by atoms with Crippen molar-refractivity contribution in [3.63, 3.8) is 0 Å². The number of carbonyl (C=O) groups excluding carboxylic acids is 1. The van der Waals surface area contributed by atoms with E-state index in [2.05, 4.69) is 5.32 Å². The standard InChI is InChI=1S/C13H15NO5/c1-8(15)14-4-5-18-10-3-2-9-6-12(13(16)17)19-11(9)7-10/h2-3,7,12H,4-6H2,1H3,(H,14,15)(H,16,17). The number of hydrogen-bond donors (Lipinski definition) is 2. The molecule has 6 nitrogen and oxygen atoms in total. The highest BCUT2D eigenvalue weighted by Gasteiger charge is 2.28. The number of amides is 1. The smallest absolute Gasteiger partial charge is 0.345 e. The molecule has 0 radical (unpaired) electrons. The van der Waals surface area contributed by atoms with Crippen molar-refractivity contribution in [1.29, 1.82) is 0 Å². The second-order valence-electron chi connectivity index (χ2n) is 4.25. The highest BCUT2D eigenvalue weighted by molar-refractivity contribution is 5.74. The third-order valence-electron chi connectivity index (χ3n) is 2.73. The van der Waals surface area contributed by atoms with Crippen LogP contribution in [0.2, 0.25) is 0 Å². The van der Waals surface area contributed by atoms with E-state index in [1.807, 2.05) is 0 Å². The van der Waals surface area contributed by atoms with Crippen molar-refractivity contribution in [2.75, 3.05) is 13.2 Å². The second kappa shape index (κ2) is 5.60. The van der Waals surface area contributed by atoms with Gasteiger partial charge in [0.1, 0.15) is 18.1 Å². The number of rotatable bonds is 5. The van der Waals surface area contributed by atoms with E-state index in [9.17, 15) is 9.59 Å². The van der Waals surface area contributed by atoms with E-state index in [0.717, 1.165) is 5.56 Å². The summed E-state index contributed by atoms with van der Waals surface area (Å²) in [7, 11) is 0. The average Bonchev–Trinajstić information content (AvgIpc) is 2.77. The van der Waals surface area contributed by atoms with Gasteiger partial charge in [-0.1, -0.05) is 6.07 Å². The van der Waals surface area contributed by atoms with E-state index in [1.54, 1.807) is 18.2 Å². The Morgan fingerprint density at radius 1 is 1.53 bits per heavy atom. The van der Waals surface area contributed by atoms with Crippen LogP contribution < -0.4 is 14.8 Å². The van der Waals surface area contributed by atoms with Gasteiger partial charge in [0.05, 0.1) is 6.54 Å². The van der Waals surface area contributed by atoms with Crippen molar-refractivity contribution in [1.82, 2.24) is 5.32 Å². The monoisotopic (exact) mass is 265 g/mol. The van der Waals surface area contributed by atoms with Crippen LogP contribution >= 0.6 is 0 Å². The minimum atomic E-state index is -0.968. The first kappa shape index (κ1) is 13.2. The molecule has 0 saturated heterocycles. The summed E-state index contributed by atoms with van der Waals surface area (Å²) in [4.78, 5) is 21.5. The first-order chi connectivity index (χ1) is 9.06. The van der Waals surface area contributed by atoms with E-state index in [-0.39, 0.29) is 5.91 Å². The molecule has 0 saturated carbocycles. The molecule has 6 heteroatoms. The number of carbonyl (C=O) groups is 2. The van der Waals surface area contributed by atoms with Gasteiger partial charge < -0.3 is 19.9 Å². The minimum Gasteiger partial charge on any atom is -0.492 e. The third-order valence-corrected chi connectivity index (χ3v) is 2.73. The average molecular weight is 265 g/mol. The van der Waals surface area contributed by atoms with Gasteiger partial charge in [0.2, 0.25) is 5.91 Å². The molecule has 19 heavy (non-hydrogen) atoms. The Bertz CT molecular complexity index is 500. The summed E-state index contributed by atoms with van der Waals surface area (Å²) in [6.07, 6.45) is -0.443. The maximum atomic E-state index is 10.8. The molecule has 1 atom stereocenters. The maximum absolute atomic E-state index is 10.8. The summed E-state index contributed by atoms with van der Waals surface area (Å²) in [5.74, 6) is 0.0640. The number of fused-ring (bicyclic) bond motifs is 1. The Labute approximate surface area is 110 Å². The lowest BCUT2D eigenvalue weighted by Crippen LogP contribution is -2.25. The summed E-state index contributed by atoms with van der Waals surface area (Å²) in [6.45, 7) is 2.21. The Morgan fingerprint density at radius 3 is 3.00 bits per heavy atom. The molecule has 2 rings (SSSR count). The molecule has 0 spiro atoms. The number of carboxylic acids is 1. The molecule has 102 valence electrons. The van der Waals surface area contributed by atoms with E-state index in [4.69, 9.17) is 14.6 Å². The zero-order valence-corrected chi connectivity index (χ0v) is 10.5. The quantitative estimate of drug-likeness (QED) is 0.761. The SMILES string of the molecule is CC(=O)NCCOc1ccc2c(c1)OC(C(=O)O)C2. The van der Waals surface area contributed by atoms with Gasteiger partial charge in [-0.2, -0.15) is 0 Å². The minimum absolute atomic E-state index is 0.106. The van der Waals surface area contributed by atoms with Crippen molar-refractivity contribution in [2.45, 2.75) is 19.4 Å². The van der Waals surface area contributed by atoms with Crippen molar-refractivity contribution in [2.24, 2.45) is 0 Å². The van der Waals surface area contributed by atoms with E-state index in [0.29, 0.717) is 31.1 Å². The summed E-state index contributed by atoms with van der Waals surface area (Å²) in [6, 6.07) is 5.23. The van der Waals surface area contributed by atoms with Gasteiger partial charge in [-0.05, 0) is 11.6 Å². The Kier molecular flexibility index (Phi) is 3.89. The number of ether oxygens (including phenoxy) is 2. The molecule has 0 fully saturated rings. The molecule has 1 unspecified atom stereocenters. The van der Waals surface area contributed by atoms with Gasteiger partial charge >= 0.3 is 5.97 Å². The maximum Gasteiger partial charge on any atom is 0.345 e. The predicted octanol–water partition coefficient (Wildman–Crippen LogP) is 0.590. The van der Waals surface area contributed by atoms with Crippen molar-refractivity contribution < 1.29 is 24.2 Å². The van der Waals surface area contributed by atoms with Crippen LogP contribution in [0.1, 0.15) is 12.5 Å². The second-order valence-corrected chi connectivity index (χ2v) is 4.25. The summed E-state index contributed by atoms with van der Waals surface area (Å²) >= 11 is 0. The van der Waals surface area contributed by atoms with Crippen LogP contribution in [-0.2, 0) is 16.0 Å². The molecule has 1 aromatic rings. The Hall–Kier alpha value is -2.24. The molecule has 0 aromatic heterocycles. The number of aliphatic carboxylic acids is 1. The molecular formula is C13H15NO5. The van der Waals surface area contributed by atoms with Gasteiger partial charge in [-0.25, -0.2) is 4.79 Å². The number of benzene rings is 1. The fourth-order valence-corrected chi connectivity index (χ4v) is 1.83. The lowest BCUT2D eigenvalue weighted by Gasteiger charge is -2.08. The summed E-state index contributed by atoms with van der Waals surface area (Å²) in [5, 5.41) is 11.5. The number of nitrogens with one attached hydrogen (secondary N) is 1. The molecule has 1 aliphatic rings. The lowest BCUT2D eigenvalue weighted by atomic mass is 10.1. The van der Waals surface area contributed by atoms with Crippen LogP contribution in [-0.4, -0.2) is 36.2 Å². The van der Waals surface area contributed by atoms with E-state index >= 15 is 0 Å². The normalized spacial score (nSPS) is 16.4. The van der Waals surface area contributed by atoms with Crippen LogP contribution in [0, 0.1) is 0 Å². The summed E-state index contributed by atoms with van der Waals surface area (Å²) < 4.78 is 10.7. The third kappa shape index (κ3) is 3.37. The lowest BCUT2D eigenvalue weighted by molar-refractivity contribution is -0.144. The molecule has 0 aliphatic carbocycles. The van der Waals surface area contributed by atoms with Crippen LogP contribution in [0.3, 0.4) is 0 Å². The van der Waals surface area contributed by atoms with Gasteiger partial charge in [0.25, 0.3) is 0 Å². The van der Waals surface area contributed by atoms with E-state index in [1.165, 1.54) is 6.92 Å². The van der Waals surface area contributed by atoms with Crippen LogP contribution in [0.4, 0.5) is 0 Å². The summed E-state index contributed by atoms with van der Waals surface area (Å²) in [5.41, 5.74) is 0.863. The molecule has 0 bridgehead atoms. The van der Waals surface area contributed by atoms with Gasteiger partial charge in [0, 0.05) is 19.4 Å². The van der Waals surface area contributed by atoms with Gasteiger partial charge in [-0.15, -0.1) is 0 Å². The first-order valence-electron chi connectivity index (χ1n) is 5.96. The zero-order valence-electron chi connectivity index (χ0n) is 10.5. The largest absolute Gasteiger partial charge is 0.492 e. The van der Waals surface area contributed by atoms with Crippen molar-refractivity contribution in [3.05, 3.63) is 23.8 Å². The fraction of sp³-hybridized carbons (Fsp3) is 0.385. The van der Waals surface area contributed by atoms with E-state index < -0.39 is 12.1 Å². The highest BCUT2D eigenvalue weighted by atomic mass is 16.5. The highest BCUT2D eigenvalue weighted by Crippen LogP contribution is 2.32. The zero-order chi connectivity index (χ0) is 13.8. The predicted molar refractivity (Wildman–Crippen MR) is 66.4 cm³/mol. The molecule has 1 aromatic carbocycles. The number of hydrogen-bond acceptors (Lipinski definition) is 4. The first-order valence-corrected chi connectivity index (χ1v) is 5.96. The molecular weight excluding hydrogens is 250 g/mol. The van der Waals surface area contributed by atoms with Crippen molar-refractivity contribution in [3.8, 4) is 11.5 Å². The fourth-order valence-electron chi connectivity index (χ4n) is 1.83. The van der Waals surface area contributed by atoms with Gasteiger partial charge in [-0.3, -0.25) is 4.79 Å². The molecule has 1 amide bonds.